The Morgan fingerprint density at radius 1 is 1.03 bits per heavy atom. The third kappa shape index (κ3) is 4.14. The normalized spacial score (nSPS) is 21.5. The molecule has 1 aromatic carbocycles. The van der Waals surface area contributed by atoms with Crippen LogP contribution in [-0.2, 0) is 9.59 Å². The number of rotatable bonds is 3. The number of benzene rings is 1. The molecule has 1 saturated heterocycles. The standard InChI is InChI=1S/C22H27BN3O3/c1-14-24-17-11-7-10-16(23-15-8-5-3-2-4-6-9-15)20(17)22(29)26(14)18-12-13-19(27)25-21(18)28/h7,10-11,15,18H,2-6,8-9,12-13H2,1H3,(H,25,27,28). The van der Waals surface area contributed by atoms with E-state index >= 15 is 0 Å². The Bertz CT molecular complexity index is 993. The quantitative estimate of drug-likeness (QED) is 0.643. The van der Waals surface area contributed by atoms with Crippen molar-refractivity contribution in [2.45, 2.75) is 76.6 Å². The first-order valence-corrected chi connectivity index (χ1v) is 10.7. The number of carbonyl (C=O) groups is 2. The molecule has 2 aliphatic rings. The van der Waals surface area contributed by atoms with Crippen molar-refractivity contribution in [3.05, 3.63) is 34.4 Å². The molecule has 2 amide bonds. The fraction of sp³-hybridized carbons (Fsp3) is 0.545. The zero-order valence-corrected chi connectivity index (χ0v) is 16.9. The van der Waals surface area contributed by atoms with Crippen LogP contribution >= 0.6 is 0 Å². The van der Waals surface area contributed by atoms with Crippen LogP contribution in [0.3, 0.4) is 0 Å². The molecule has 2 aromatic rings. The van der Waals surface area contributed by atoms with Crippen LogP contribution in [0, 0.1) is 6.92 Å². The van der Waals surface area contributed by atoms with E-state index in [1.54, 1.807) is 6.92 Å². The number of imide groups is 1. The number of nitrogens with one attached hydrogen (secondary N) is 1. The zero-order chi connectivity index (χ0) is 20.4. The van der Waals surface area contributed by atoms with Crippen molar-refractivity contribution in [2.75, 3.05) is 0 Å². The number of amides is 2. The molecule has 1 aromatic heterocycles. The lowest BCUT2D eigenvalue weighted by atomic mass is 9.55. The number of fused-ring (bicyclic) bond motifs is 1. The average molecular weight is 392 g/mol. The van der Waals surface area contributed by atoms with Gasteiger partial charge in [-0.25, -0.2) is 4.98 Å². The van der Waals surface area contributed by atoms with Gasteiger partial charge < -0.3 is 0 Å². The summed E-state index contributed by atoms with van der Waals surface area (Å²) in [5.74, 6) is 0.254. The van der Waals surface area contributed by atoms with Gasteiger partial charge in [0.05, 0.1) is 10.9 Å². The largest absolute Gasteiger partial charge is 0.295 e. The molecule has 6 nitrogen and oxygen atoms in total. The van der Waals surface area contributed by atoms with Crippen molar-refractivity contribution < 1.29 is 9.59 Å². The van der Waals surface area contributed by atoms with E-state index in [1.165, 1.54) is 36.7 Å². The highest BCUT2D eigenvalue weighted by atomic mass is 16.2. The van der Waals surface area contributed by atoms with Crippen LogP contribution in [0.15, 0.2) is 23.0 Å². The van der Waals surface area contributed by atoms with E-state index in [1.807, 2.05) is 18.2 Å². The second kappa shape index (κ2) is 8.51. The molecule has 0 bridgehead atoms. The van der Waals surface area contributed by atoms with Gasteiger partial charge in [0.2, 0.25) is 11.8 Å². The molecule has 4 rings (SSSR count). The van der Waals surface area contributed by atoms with Crippen LogP contribution in [0.25, 0.3) is 10.9 Å². The number of hydrogen-bond donors (Lipinski definition) is 1. The topological polar surface area (TPSA) is 81.1 Å². The third-order valence-electron chi connectivity index (χ3n) is 6.23. The second-order valence-corrected chi connectivity index (χ2v) is 8.31. The minimum atomic E-state index is -0.688. The van der Waals surface area contributed by atoms with E-state index in [0.717, 1.165) is 18.3 Å². The molecule has 151 valence electrons. The minimum absolute atomic E-state index is 0.195. The first-order valence-electron chi connectivity index (χ1n) is 10.7. The van der Waals surface area contributed by atoms with E-state index in [4.69, 9.17) is 0 Å². The monoisotopic (exact) mass is 392 g/mol. The van der Waals surface area contributed by atoms with Crippen molar-refractivity contribution in [1.29, 1.82) is 0 Å². The Kier molecular flexibility index (Phi) is 5.83. The van der Waals surface area contributed by atoms with Gasteiger partial charge in [0.25, 0.3) is 5.56 Å². The lowest BCUT2D eigenvalue weighted by Gasteiger charge is -2.25. The molecule has 2 fully saturated rings. The summed E-state index contributed by atoms with van der Waals surface area (Å²) >= 11 is 0. The smallest absolute Gasteiger partial charge is 0.261 e. The zero-order valence-electron chi connectivity index (χ0n) is 16.9. The van der Waals surface area contributed by atoms with E-state index in [2.05, 4.69) is 17.6 Å². The van der Waals surface area contributed by atoms with Gasteiger partial charge in [-0.2, -0.15) is 0 Å². The van der Waals surface area contributed by atoms with Crippen molar-refractivity contribution in [3.8, 4) is 0 Å². The first-order chi connectivity index (χ1) is 14.0. The Hall–Kier alpha value is -2.44. The van der Waals surface area contributed by atoms with Crippen molar-refractivity contribution in [2.24, 2.45) is 0 Å². The van der Waals surface area contributed by atoms with E-state index < -0.39 is 11.9 Å². The maximum Gasteiger partial charge on any atom is 0.261 e. The lowest BCUT2D eigenvalue weighted by Crippen LogP contribution is -2.45. The van der Waals surface area contributed by atoms with Crippen molar-refractivity contribution in [3.63, 3.8) is 0 Å². The second-order valence-electron chi connectivity index (χ2n) is 8.31. The maximum atomic E-state index is 13.5. The Labute approximate surface area is 171 Å². The van der Waals surface area contributed by atoms with Crippen molar-refractivity contribution in [1.82, 2.24) is 14.9 Å². The molecule has 1 unspecified atom stereocenters. The number of aromatic nitrogens is 2. The molecule has 1 aliphatic heterocycles. The van der Waals surface area contributed by atoms with Gasteiger partial charge in [-0.15, -0.1) is 0 Å². The van der Waals surface area contributed by atoms with Crippen LogP contribution < -0.4 is 16.3 Å². The molecular weight excluding hydrogens is 365 g/mol. The number of piperidine rings is 1. The van der Waals surface area contributed by atoms with Gasteiger partial charge >= 0.3 is 0 Å². The molecule has 1 N–H and O–H groups in total. The van der Waals surface area contributed by atoms with Gasteiger partial charge in [0, 0.05) is 6.42 Å². The maximum absolute atomic E-state index is 13.5. The fourth-order valence-corrected chi connectivity index (χ4v) is 4.72. The van der Waals surface area contributed by atoms with Crippen LogP contribution in [0.2, 0.25) is 5.82 Å². The molecule has 29 heavy (non-hydrogen) atoms. The highest BCUT2D eigenvalue weighted by Gasteiger charge is 2.31. The summed E-state index contributed by atoms with van der Waals surface area (Å²) in [6.07, 6.45) is 9.19. The Morgan fingerprint density at radius 3 is 2.48 bits per heavy atom. The summed E-state index contributed by atoms with van der Waals surface area (Å²) in [7, 11) is 2.24. The van der Waals surface area contributed by atoms with Gasteiger partial charge in [-0.1, -0.05) is 68.4 Å². The number of hydrogen-bond acceptors (Lipinski definition) is 4. The molecular formula is C22H27BN3O3. The minimum Gasteiger partial charge on any atom is -0.295 e. The van der Waals surface area contributed by atoms with Gasteiger partial charge in [0.1, 0.15) is 11.9 Å². The summed E-state index contributed by atoms with van der Waals surface area (Å²) in [5.41, 5.74) is 1.38. The summed E-state index contributed by atoms with van der Waals surface area (Å²) in [5, 5.41) is 2.92. The molecule has 1 aliphatic carbocycles. The summed E-state index contributed by atoms with van der Waals surface area (Å²) in [6.45, 7) is 1.75. The average Bonchev–Trinajstić information content (AvgIpc) is 2.65. The van der Waals surface area contributed by atoms with E-state index in [-0.39, 0.29) is 17.9 Å². The fourth-order valence-electron chi connectivity index (χ4n) is 4.72. The van der Waals surface area contributed by atoms with Crippen molar-refractivity contribution >= 4 is 35.5 Å². The van der Waals surface area contributed by atoms with Crippen LogP contribution in [0.1, 0.15) is 69.7 Å². The number of aryl methyl sites for hydroxylation is 1. The predicted molar refractivity (Wildman–Crippen MR) is 114 cm³/mol. The SMILES string of the molecule is Cc1nc2cccc([B]C3CCCCCCC3)c2c(=O)n1C1CCC(=O)NC1=O. The van der Waals surface area contributed by atoms with E-state index in [9.17, 15) is 14.4 Å². The Balaban J connectivity index is 1.74. The molecule has 1 saturated carbocycles. The first kappa shape index (κ1) is 19.9. The highest BCUT2D eigenvalue weighted by molar-refractivity contribution is 6.58. The summed E-state index contributed by atoms with van der Waals surface area (Å²) < 4.78 is 1.47. The van der Waals surface area contributed by atoms with Crippen LogP contribution in [0.4, 0.5) is 0 Å². The highest BCUT2D eigenvalue weighted by Crippen LogP contribution is 2.26. The van der Waals surface area contributed by atoms with Gasteiger partial charge in [0.15, 0.2) is 7.28 Å². The predicted octanol–water partition coefficient (Wildman–Crippen LogP) is 2.54. The number of nitrogens with zero attached hydrogens (tertiary/aromatic N) is 2. The van der Waals surface area contributed by atoms with Gasteiger partial charge in [-0.05, 0) is 19.4 Å². The lowest BCUT2D eigenvalue weighted by molar-refractivity contribution is -0.135. The van der Waals surface area contributed by atoms with Crippen LogP contribution in [-0.4, -0.2) is 28.6 Å². The molecule has 7 heteroatoms. The van der Waals surface area contributed by atoms with Crippen LogP contribution in [0.5, 0.6) is 0 Å². The Morgan fingerprint density at radius 2 is 1.76 bits per heavy atom. The molecule has 0 spiro atoms. The van der Waals surface area contributed by atoms with Gasteiger partial charge in [-0.3, -0.25) is 24.3 Å². The third-order valence-corrected chi connectivity index (χ3v) is 6.23. The summed E-state index contributed by atoms with van der Waals surface area (Å²) in [4.78, 5) is 42.0. The molecule has 2 heterocycles. The molecule has 1 atom stereocenters. The number of carbonyl (C=O) groups excluding carboxylic acids is 2. The molecule has 1 radical (unpaired) electrons. The summed E-state index contributed by atoms with van der Waals surface area (Å²) in [6, 6.07) is 5.09. The van der Waals surface area contributed by atoms with E-state index in [0.29, 0.717) is 29.0 Å².